The van der Waals surface area contributed by atoms with E-state index in [1.54, 1.807) is 0 Å². The summed E-state index contributed by atoms with van der Waals surface area (Å²) in [6.07, 6.45) is 0. The summed E-state index contributed by atoms with van der Waals surface area (Å²) in [5.41, 5.74) is 0.520. The Morgan fingerprint density at radius 1 is 1.83 bits per heavy atom. The minimum absolute atomic E-state index is 0.157. The van der Waals surface area contributed by atoms with Crippen LogP contribution in [0.4, 0.5) is 0 Å². The van der Waals surface area contributed by atoms with Gasteiger partial charge in [-0.3, -0.25) is 4.79 Å². The van der Waals surface area contributed by atoms with Gasteiger partial charge in [0.25, 0.3) is 0 Å². The van der Waals surface area contributed by atoms with Gasteiger partial charge in [-0.05, 0) is 0 Å². The van der Waals surface area contributed by atoms with Gasteiger partial charge in [-0.2, -0.15) is 0 Å². The van der Waals surface area contributed by atoms with Gasteiger partial charge < -0.3 is 9.94 Å². The Hall–Kier alpha value is -0.710. The van der Waals surface area contributed by atoms with E-state index < -0.39 is 5.25 Å². The Labute approximate surface area is 75.0 Å². The number of oxime groups is 1. The molecule has 0 amide bonds. The van der Waals surface area contributed by atoms with Crippen LogP contribution in [0.15, 0.2) is 5.16 Å². The van der Waals surface area contributed by atoms with Crippen LogP contribution >= 0.6 is 11.8 Å². The number of hydrogen-bond acceptors (Lipinski definition) is 5. The van der Waals surface area contributed by atoms with Crippen molar-refractivity contribution in [1.29, 1.82) is 0 Å². The second kappa shape index (κ2) is 3.80. The maximum Gasteiger partial charge on any atom is 0.324 e. The van der Waals surface area contributed by atoms with Crippen LogP contribution in [0.3, 0.4) is 0 Å². The van der Waals surface area contributed by atoms with Crippen LogP contribution in [0, 0.1) is 5.92 Å². The maximum absolute atomic E-state index is 11.1. The molecule has 4 nitrogen and oxygen atoms in total. The normalized spacial score (nSPS) is 32.3. The number of carbonyl (C=O) groups excluding carboxylic acids is 1. The van der Waals surface area contributed by atoms with E-state index in [9.17, 15) is 4.79 Å². The Kier molecular flexibility index (Phi) is 2.97. The van der Waals surface area contributed by atoms with Crippen molar-refractivity contribution in [3.8, 4) is 0 Å². The van der Waals surface area contributed by atoms with E-state index in [4.69, 9.17) is 5.21 Å². The van der Waals surface area contributed by atoms with E-state index in [1.807, 2.05) is 6.92 Å². The zero-order chi connectivity index (χ0) is 9.14. The molecule has 1 rings (SSSR count). The highest BCUT2D eigenvalue weighted by Gasteiger charge is 2.36. The lowest BCUT2D eigenvalue weighted by Crippen LogP contribution is -2.26. The molecule has 0 aromatic heterocycles. The van der Waals surface area contributed by atoms with Crippen LogP contribution in [0.2, 0.25) is 0 Å². The van der Waals surface area contributed by atoms with E-state index in [-0.39, 0.29) is 11.9 Å². The van der Waals surface area contributed by atoms with Gasteiger partial charge in [0.1, 0.15) is 5.25 Å². The number of ether oxygens (including phenoxy) is 1. The molecule has 2 atom stereocenters. The number of hydrogen-bond donors (Lipinski definition) is 1. The molecule has 1 fully saturated rings. The molecule has 12 heavy (non-hydrogen) atoms. The quantitative estimate of drug-likeness (QED) is 0.375. The van der Waals surface area contributed by atoms with Crippen LogP contribution in [0.25, 0.3) is 0 Å². The van der Waals surface area contributed by atoms with E-state index >= 15 is 0 Å². The zero-order valence-corrected chi connectivity index (χ0v) is 7.80. The topological polar surface area (TPSA) is 58.9 Å². The maximum atomic E-state index is 11.1. The molecule has 0 aromatic rings. The fraction of sp³-hybridized carbons (Fsp3) is 0.714. The van der Waals surface area contributed by atoms with E-state index in [1.165, 1.54) is 18.9 Å². The lowest BCUT2D eigenvalue weighted by atomic mass is 10.1. The highest BCUT2D eigenvalue weighted by Crippen LogP contribution is 2.29. The third kappa shape index (κ3) is 1.55. The molecule has 0 spiro atoms. The van der Waals surface area contributed by atoms with Crippen molar-refractivity contribution in [3.63, 3.8) is 0 Å². The Balaban J connectivity index is 2.74. The van der Waals surface area contributed by atoms with Crippen LogP contribution in [-0.2, 0) is 9.53 Å². The molecule has 0 aromatic carbocycles. The Bertz CT molecular complexity index is 217. The number of rotatable bonds is 1. The van der Waals surface area contributed by atoms with E-state index in [0.717, 1.165) is 5.75 Å². The van der Waals surface area contributed by atoms with Crippen molar-refractivity contribution in [2.45, 2.75) is 12.2 Å². The number of esters is 1. The molecule has 1 aliphatic rings. The minimum Gasteiger partial charge on any atom is -0.468 e. The van der Waals surface area contributed by atoms with Gasteiger partial charge in [0.15, 0.2) is 0 Å². The highest BCUT2D eigenvalue weighted by molar-refractivity contribution is 8.01. The molecule has 1 heterocycles. The second-order valence-corrected chi connectivity index (χ2v) is 3.80. The van der Waals surface area contributed by atoms with Crippen molar-refractivity contribution in [3.05, 3.63) is 0 Å². The largest absolute Gasteiger partial charge is 0.468 e. The predicted molar refractivity (Wildman–Crippen MR) is 46.6 cm³/mol. The van der Waals surface area contributed by atoms with Gasteiger partial charge in [0.05, 0.1) is 12.8 Å². The molecule has 2 unspecified atom stereocenters. The molecular weight excluding hydrogens is 178 g/mol. The summed E-state index contributed by atoms with van der Waals surface area (Å²) in [6, 6.07) is 0. The van der Waals surface area contributed by atoms with Crippen molar-refractivity contribution < 1.29 is 14.7 Å². The standard InChI is InChI=1S/C7H11NO3S/c1-4-3-12-6(5(4)8-10)7(9)11-2/h4,6,10H,3H2,1-2H3/b8-5+. The summed E-state index contributed by atoms with van der Waals surface area (Å²) in [4.78, 5) is 11.1. The molecule has 0 radical (unpaired) electrons. The van der Waals surface area contributed by atoms with Crippen molar-refractivity contribution in [2.24, 2.45) is 11.1 Å². The molecule has 0 bridgehead atoms. The molecule has 1 saturated heterocycles. The van der Waals surface area contributed by atoms with Gasteiger partial charge >= 0.3 is 5.97 Å². The van der Waals surface area contributed by atoms with Crippen LogP contribution in [0.5, 0.6) is 0 Å². The first-order valence-corrected chi connectivity index (χ1v) is 4.66. The number of carbonyl (C=O) groups is 1. The number of methoxy groups -OCH3 is 1. The lowest BCUT2D eigenvalue weighted by Gasteiger charge is -2.06. The molecule has 1 aliphatic heterocycles. The predicted octanol–water partition coefficient (Wildman–Crippen LogP) is 0.741. The molecule has 1 N–H and O–H groups in total. The smallest absolute Gasteiger partial charge is 0.324 e. The second-order valence-electron chi connectivity index (χ2n) is 2.66. The average molecular weight is 189 g/mol. The summed E-state index contributed by atoms with van der Waals surface area (Å²) in [6.45, 7) is 1.92. The first-order valence-electron chi connectivity index (χ1n) is 3.62. The van der Waals surface area contributed by atoms with Gasteiger partial charge in [0, 0.05) is 11.7 Å². The first kappa shape index (κ1) is 9.38. The molecular formula is C7H11NO3S. The third-order valence-electron chi connectivity index (χ3n) is 1.82. The fourth-order valence-electron chi connectivity index (χ4n) is 1.12. The molecule has 5 heteroatoms. The molecule has 68 valence electrons. The first-order chi connectivity index (χ1) is 5.70. The van der Waals surface area contributed by atoms with Crippen LogP contribution in [0.1, 0.15) is 6.92 Å². The molecule has 0 aliphatic carbocycles. The lowest BCUT2D eigenvalue weighted by molar-refractivity contribution is -0.138. The number of nitrogens with zero attached hydrogens (tertiary/aromatic N) is 1. The van der Waals surface area contributed by atoms with Crippen molar-refractivity contribution in [1.82, 2.24) is 0 Å². The molecule has 0 saturated carbocycles. The summed E-state index contributed by atoms with van der Waals surface area (Å²) < 4.78 is 4.56. The van der Waals surface area contributed by atoms with Gasteiger partial charge in [-0.15, -0.1) is 11.8 Å². The highest BCUT2D eigenvalue weighted by atomic mass is 32.2. The summed E-state index contributed by atoms with van der Waals surface area (Å²) in [7, 11) is 1.33. The Morgan fingerprint density at radius 2 is 2.50 bits per heavy atom. The van der Waals surface area contributed by atoms with Crippen molar-refractivity contribution >= 4 is 23.4 Å². The summed E-state index contributed by atoms with van der Waals surface area (Å²) in [5, 5.41) is 11.3. The zero-order valence-electron chi connectivity index (χ0n) is 6.98. The fourth-order valence-corrected chi connectivity index (χ4v) is 2.45. The van der Waals surface area contributed by atoms with Gasteiger partial charge in [-0.1, -0.05) is 12.1 Å². The van der Waals surface area contributed by atoms with Crippen molar-refractivity contribution in [2.75, 3.05) is 12.9 Å². The summed E-state index contributed by atoms with van der Waals surface area (Å²) in [5.74, 6) is 0.625. The monoisotopic (exact) mass is 189 g/mol. The third-order valence-corrected chi connectivity index (χ3v) is 3.28. The van der Waals surface area contributed by atoms with E-state index in [0.29, 0.717) is 5.71 Å². The summed E-state index contributed by atoms with van der Waals surface area (Å²) >= 11 is 1.45. The average Bonchev–Trinajstić information content (AvgIpc) is 2.45. The van der Waals surface area contributed by atoms with Crippen LogP contribution in [-0.4, -0.2) is 35.0 Å². The number of thioether (sulfide) groups is 1. The van der Waals surface area contributed by atoms with Gasteiger partial charge in [-0.25, -0.2) is 0 Å². The van der Waals surface area contributed by atoms with E-state index in [2.05, 4.69) is 9.89 Å². The SMILES string of the molecule is COC(=O)C1SCC(C)/C1=N\O. The Morgan fingerprint density at radius 3 is 3.00 bits per heavy atom. The van der Waals surface area contributed by atoms with Crippen LogP contribution < -0.4 is 0 Å². The van der Waals surface area contributed by atoms with Gasteiger partial charge in [0.2, 0.25) is 0 Å². The minimum atomic E-state index is -0.407.